The highest BCUT2D eigenvalue weighted by molar-refractivity contribution is 9.10. The van der Waals surface area contributed by atoms with Crippen molar-refractivity contribution in [3.05, 3.63) is 58.1 Å². The summed E-state index contributed by atoms with van der Waals surface area (Å²) in [5, 5.41) is 12.3. The van der Waals surface area contributed by atoms with Gasteiger partial charge in [-0.15, -0.1) is 0 Å². The van der Waals surface area contributed by atoms with Crippen LogP contribution in [0.1, 0.15) is 15.9 Å². The monoisotopic (exact) mass is 320 g/mol. The Morgan fingerprint density at radius 1 is 1.26 bits per heavy atom. The molecule has 0 aliphatic heterocycles. The van der Waals surface area contributed by atoms with Gasteiger partial charge in [0, 0.05) is 27.8 Å². The van der Waals surface area contributed by atoms with Gasteiger partial charge in [0.05, 0.1) is 0 Å². The van der Waals surface area contributed by atoms with Crippen molar-refractivity contribution in [2.75, 3.05) is 5.73 Å². The fraction of sp³-hybridized carbons (Fsp3) is 0.0714. The number of anilines is 1. The normalized spacial score (nSPS) is 10.2. The number of amides is 1. The van der Waals surface area contributed by atoms with Crippen LogP contribution < -0.4 is 11.1 Å². The van der Waals surface area contributed by atoms with Crippen molar-refractivity contribution in [1.29, 1.82) is 0 Å². The van der Waals surface area contributed by atoms with Gasteiger partial charge in [0.25, 0.3) is 5.91 Å². The minimum absolute atomic E-state index is 0.165. The number of halogens is 1. The predicted molar refractivity (Wildman–Crippen MR) is 77.8 cm³/mol. The fourth-order valence-electron chi connectivity index (χ4n) is 1.62. The average Bonchev–Trinajstić information content (AvgIpc) is 2.40. The zero-order valence-corrected chi connectivity index (χ0v) is 11.6. The highest BCUT2D eigenvalue weighted by Gasteiger charge is 2.08. The molecular formula is C14H13BrN2O2. The van der Waals surface area contributed by atoms with Crippen molar-refractivity contribution in [3.63, 3.8) is 0 Å². The number of carbonyl (C=O) groups excluding carboxylic acids is 1. The third-order valence-corrected chi connectivity index (χ3v) is 3.41. The van der Waals surface area contributed by atoms with Gasteiger partial charge in [-0.1, -0.05) is 18.2 Å². The number of benzene rings is 2. The van der Waals surface area contributed by atoms with Crippen molar-refractivity contribution in [1.82, 2.24) is 5.32 Å². The number of hydrogen-bond donors (Lipinski definition) is 3. The number of carbonyl (C=O) groups is 1. The molecule has 4 N–H and O–H groups in total. The summed E-state index contributed by atoms with van der Waals surface area (Å²) >= 11 is 3.27. The third-order valence-electron chi connectivity index (χ3n) is 2.69. The Kier molecular flexibility index (Phi) is 4.06. The number of nitrogens with one attached hydrogen (secondary N) is 1. The lowest BCUT2D eigenvalue weighted by Crippen LogP contribution is -2.22. The van der Waals surface area contributed by atoms with E-state index in [2.05, 4.69) is 21.2 Å². The number of phenols is 1. The standard InChI is InChI=1S/C14H13BrN2O2/c15-11-6-5-9(7-12(11)16)14(19)17-8-10-3-1-2-4-13(10)18/h1-7,18H,8,16H2,(H,17,19). The fourth-order valence-corrected chi connectivity index (χ4v) is 1.87. The second-order valence-corrected chi connectivity index (χ2v) is 4.90. The zero-order valence-electron chi connectivity index (χ0n) is 10.1. The summed E-state index contributed by atoms with van der Waals surface area (Å²) in [7, 11) is 0. The predicted octanol–water partition coefficient (Wildman–Crippen LogP) is 2.67. The van der Waals surface area contributed by atoms with Gasteiger partial charge in [0.1, 0.15) is 5.75 Å². The van der Waals surface area contributed by atoms with Crippen LogP contribution >= 0.6 is 15.9 Å². The second-order valence-electron chi connectivity index (χ2n) is 4.05. The number of rotatable bonds is 3. The Morgan fingerprint density at radius 3 is 2.68 bits per heavy atom. The molecule has 2 aromatic rings. The molecule has 98 valence electrons. The molecule has 19 heavy (non-hydrogen) atoms. The number of aromatic hydroxyl groups is 1. The largest absolute Gasteiger partial charge is 0.508 e. The minimum Gasteiger partial charge on any atom is -0.508 e. The van der Waals surface area contributed by atoms with Gasteiger partial charge >= 0.3 is 0 Å². The Labute approximate surface area is 119 Å². The van der Waals surface area contributed by atoms with E-state index in [-0.39, 0.29) is 18.2 Å². The summed E-state index contributed by atoms with van der Waals surface area (Å²) in [5.41, 5.74) is 7.38. The summed E-state index contributed by atoms with van der Waals surface area (Å²) in [4.78, 5) is 11.9. The van der Waals surface area contributed by atoms with Crippen molar-refractivity contribution in [3.8, 4) is 5.75 Å². The zero-order chi connectivity index (χ0) is 13.8. The van der Waals surface area contributed by atoms with E-state index in [0.717, 1.165) is 4.47 Å². The summed E-state index contributed by atoms with van der Waals surface area (Å²) in [6.45, 7) is 0.265. The van der Waals surface area contributed by atoms with Gasteiger partial charge in [-0.25, -0.2) is 0 Å². The summed E-state index contributed by atoms with van der Waals surface area (Å²) in [5.74, 6) is -0.0689. The highest BCUT2D eigenvalue weighted by atomic mass is 79.9. The van der Waals surface area contributed by atoms with Crippen molar-refractivity contribution >= 4 is 27.5 Å². The first-order chi connectivity index (χ1) is 9.08. The first kappa shape index (κ1) is 13.4. The number of hydrogen-bond acceptors (Lipinski definition) is 3. The van der Waals surface area contributed by atoms with E-state index in [0.29, 0.717) is 16.8 Å². The minimum atomic E-state index is -0.234. The van der Waals surface area contributed by atoms with E-state index in [9.17, 15) is 9.90 Å². The van der Waals surface area contributed by atoms with Crippen LogP contribution in [0.3, 0.4) is 0 Å². The third kappa shape index (κ3) is 3.26. The number of nitrogens with two attached hydrogens (primary N) is 1. The van der Waals surface area contributed by atoms with E-state index in [1.165, 1.54) is 0 Å². The molecular weight excluding hydrogens is 308 g/mol. The lowest BCUT2D eigenvalue weighted by Gasteiger charge is -2.08. The van der Waals surface area contributed by atoms with Crippen LogP contribution in [0, 0.1) is 0 Å². The van der Waals surface area contributed by atoms with Gasteiger partial charge < -0.3 is 16.2 Å². The second kappa shape index (κ2) is 5.75. The maximum absolute atomic E-state index is 11.9. The molecule has 1 amide bonds. The number of para-hydroxylation sites is 1. The molecule has 0 aromatic heterocycles. The van der Waals surface area contributed by atoms with E-state index < -0.39 is 0 Å². The molecule has 4 nitrogen and oxygen atoms in total. The topological polar surface area (TPSA) is 75.4 Å². The summed E-state index contributed by atoms with van der Waals surface area (Å²) in [6.07, 6.45) is 0. The molecule has 0 saturated heterocycles. The van der Waals surface area contributed by atoms with Crippen LogP contribution in [-0.2, 0) is 6.54 Å². The quantitative estimate of drug-likeness (QED) is 0.761. The van der Waals surface area contributed by atoms with Crippen LogP contribution in [0.4, 0.5) is 5.69 Å². The highest BCUT2D eigenvalue weighted by Crippen LogP contribution is 2.20. The van der Waals surface area contributed by atoms with E-state index in [1.807, 2.05) is 0 Å². The van der Waals surface area contributed by atoms with Crippen LogP contribution in [0.15, 0.2) is 46.9 Å². The Bertz CT molecular complexity index is 614. The molecule has 0 bridgehead atoms. The van der Waals surface area contributed by atoms with Crippen molar-refractivity contribution < 1.29 is 9.90 Å². The SMILES string of the molecule is Nc1cc(C(=O)NCc2ccccc2O)ccc1Br. The van der Waals surface area contributed by atoms with Crippen LogP contribution in [0.2, 0.25) is 0 Å². The molecule has 0 aliphatic rings. The number of phenolic OH excluding ortho intramolecular Hbond substituents is 1. The molecule has 0 aliphatic carbocycles. The van der Waals surface area contributed by atoms with Gasteiger partial charge in [-0.05, 0) is 40.2 Å². The Morgan fingerprint density at radius 2 is 2.00 bits per heavy atom. The molecule has 2 aromatic carbocycles. The molecule has 0 fully saturated rings. The molecule has 0 heterocycles. The molecule has 2 rings (SSSR count). The summed E-state index contributed by atoms with van der Waals surface area (Å²) in [6, 6.07) is 11.9. The first-order valence-corrected chi connectivity index (χ1v) is 6.47. The van der Waals surface area contributed by atoms with Crippen LogP contribution in [0.25, 0.3) is 0 Å². The number of nitrogen functional groups attached to an aromatic ring is 1. The van der Waals surface area contributed by atoms with Gasteiger partial charge in [-0.3, -0.25) is 4.79 Å². The Hall–Kier alpha value is -2.01. The summed E-state index contributed by atoms with van der Waals surface area (Å²) < 4.78 is 0.754. The Balaban J connectivity index is 2.05. The molecule has 0 unspecified atom stereocenters. The smallest absolute Gasteiger partial charge is 0.251 e. The van der Waals surface area contributed by atoms with Crippen molar-refractivity contribution in [2.45, 2.75) is 6.54 Å². The van der Waals surface area contributed by atoms with E-state index in [4.69, 9.17) is 5.73 Å². The molecule has 0 spiro atoms. The van der Waals surface area contributed by atoms with Crippen LogP contribution in [0.5, 0.6) is 5.75 Å². The van der Waals surface area contributed by atoms with Crippen LogP contribution in [-0.4, -0.2) is 11.0 Å². The molecule has 0 radical (unpaired) electrons. The van der Waals surface area contributed by atoms with Crippen molar-refractivity contribution in [2.24, 2.45) is 0 Å². The maximum atomic E-state index is 11.9. The first-order valence-electron chi connectivity index (χ1n) is 5.68. The maximum Gasteiger partial charge on any atom is 0.251 e. The van der Waals surface area contributed by atoms with Gasteiger partial charge in [-0.2, -0.15) is 0 Å². The lowest BCUT2D eigenvalue weighted by atomic mass is 10.1. The van der Waals surface area contributed by atoms with E-state index >= 15 is 0 Å². The average molecular weight is 321 g/mol. The molecule has 0 saturated carbocycles. The lowest BCUT2D eigenvalue weighted by molar-refractivity contribution is 0.0951. The van der Waals surface area contributed by atoms with E-state index in [1.54, 1.807) is 42.5 Å². The van der Waals surface area contributed by atoms with Gasteiger partial charge in [0.2, 0.25) is 0 Å². The molecule has 5 heteroatoms. The van der Waals surface area contributed by atoms with Gasteiger partial charge in [0.15, 0.2) is 0 Å². The molecule has 0 atom stereocenters.